The minimum atomic E-state index is 0.255. The summed E-state index contributed by atoms with van der Waals surface area (Å²) in [5.41, 5.74) is 9.48. The number of rotatable bonds is 2. The van der Waals surface area contributed by atoms with E-state index in [0.717, 1.165) is 22.5 Å². The van der Waals surface area contributed by atoms with Crippen molar-refractivity contribution in [3.05, 3.63) is 77.8 Å². The highest BCUT2D eigenvalue weighted by Gasteiger charge is 2.08. The monoisotopic (exact) mass is 331 g/mol. The summed E-state index contributed by atoms with van der Waals surface area (Å²) in [4.78, 5) is 8.74. The summed E-state index contributed by atoms with van der Waals surface area (Å²) >= 11 is 5.96. The van der Waals surface area contributed by atoms with Crippen molar-refractivity contribution in [3.63, 3.8) is 0 Å². The van der Waals surface area contributed by atoms with Crippen molar-refractivity contribution in [2.24, 2.45) is 0 Å². The van der Waals surface area contributed by atoms with Crippen molar-refractivity contribution >= 4 is 28.3 Å². The van der Waals surface area contributed by atoms with E-state index in [1.54, 1.807) is 0 Å². The van der Waals surface area contributed by atoms with Crippen LogP contribution in [0.15, 0.2) is 72.8 Å². The highest BCUT2D eigenvalue weighted by molar-refractivity contribution is 6.30. The zero-order chi connectivity index (χ0) is 16.5. The molecule has 1 aromatic heterocycles. The van der Waals surface area contributed by atoms with Crippen LogP contribution in [-0.4, -0.2) is 9.97 Å². The quantitative estimate of drug-likeness (QED) is 0.549. The number of fused-ring (bicyclic) bond motifs is 1. The number of nitrogens with zero attached hydrogens (tertiary/aromatic N) is 2. The van der Waals surface area contributed by atoms with E-state index in [4.69, 9.17) is 17.3 Å². The van der Waals surface area contributed by atoms with Crippen molar-refractivity contribution in [2.75, 3.05) is 5.73 Å². The Balaban J connectivity index is 1.83. The number of benzene rings is 3. The summed E-state index contributed by atoms with van der Waals surface area (Å²) in [5.74, 6) is 0.255. The summed E-state index contributed by atoms with van der Waals surface area (Å²) in [6, 6.07) is 24.0. The molecule has 4 rings (SSSR count). The molecule has 0 aliphatic rings. The molecule has 1 heterocycles. The van der Waals surface area contributed by atoms with Crippen LogP contribution < -0.4 is 5.73 Å². The van der Waals surface area contributed by atoms with Gasteiger partial charge in [0.2, 0.25) is 5.95 Å². The van der Waals surface area contributed by atoms with Crippen molar-refractivity contribution in [1.82, 2.24) is 9.97 Å². The minimum Gasteiger partial charge on any atom is -0.368 e. The van der Waals surface area contributed by atoms with Crippen molar-refractivity contribution in [1.29, 1.82) is 0 Å². The van der Waals surface area contributed by atoms with Gasteiger partial charge in [-0.05, 0) is 35.0 Å². The van der Waals surface area contributed by atoms with Gasteiger partial charge in [-0.1, -0.05) is 60.1 Å². The molecule has 2 N–H and O–H groups in total. The van der Waals surface area contributed by atoms with E-state index in [0.29, 0.717) is 5.02 Å². The number of hydrogen-bond donors (Lipinski definition) is 1. The standard InChI is InChI=1S/C20H14ClN3/c21-17-9-7-14(8-10-17)18-12-19(24-20(22)23-18)16-6-5-13-3-1-2-4-15(13)11-16/h1-12H,(H2,22,23,24). The van der Waals surface area contributed by atoms with E-state index in [1.807, 2.05) is 42.5 Å². The van der Waals surface area contributed by atoms with E-state index in [9.17, 15) is 0 Å². The predicted molar refractivity (Wildman–Crippen MR) is 99.8 cm³/mol. The lowest BCUT2D eigenvalue weighted by Gasteiger charge is -2.08. The van der Waals surface area contributed by atoms with Gasteiger partial charge in [0.05, 0.1) is 11.4 Å². The summed E-state index contributed by atoms with van der Waals surface area (Å²) < 4.78 is 0. The van der Waals surface area contributed by atoms with Gasteiger partial charge in [-0.25, -0.2) is 9.97 Å². The molecule has 0 unspecified atom stereocenters. The minimum absolute atomic E-state index is 0.255. The molecule has 116 valence electrons. The van der Waals surface area contributed by atoms with Crippen molar-refractivity contribution in [2.45, 2.75) is 0 Å². The maximum atomic E-state index is 5.96. The second-order valence-corrected chi connectivity index (χ2v) is 6.00. The van der Waals surface area contributed by atoms with E-state index in [1.165, 1.54) is 10.8 Å². The molecule has 24 heavy (non-hydrogen) atoms. The Labute approximate surface area is 144 Å². The van der Waals surface area contributed by atoms with Crippen LogP contribution in [0.25, 0.3) is 33.3 Å². The molecule has 0 fully saturated rings. The zero-order valence-electron chi connectivity index (χ0n) is 12.8. The Hall–Kier alpha value is -2.91. The molecule has 0 bridgehead atoms. The number of halogens is 1. The fraction of sp³-hybridized carbons (Fsp3) is 0. The second kappa shape index (κ2) is 5.95. The zero-order valence-corrected chi connectivity index (χ0v) is 13.5. The summed E-state index contributed by atoms with van der Waals surface area (Å²) in [7, 11) is 0. The van der Waals surface area contributed by atoms with Gasteiger partial charge in [-0.2, -0.15) is 0 Å². The Morgan fingerprint density at radius 1 is 0.667 bits per heavy atom. The van der Waals surface area contributed by atoms with Crippen molar-refractivity contribution < 1.29 is 0 Å². The number of aromatic nitrogens is 2. The van der Waals surface area contributed by atoms with Crippen LogP contribution >= 0.6 is 11.6 Å². The van der Waals surface area contributed by atoms with Crippen molar-refractivity contribution in [3.8, 4) is 22.5 Å². The Bertz CT molecular complexity index is 1030. The largest absolute Gasteiger partial charge is 0.368 e. The number of nitrogen functional groups attached to an aromatic ring is 1. The molecule has 0 atom stereocenters. The molecule has 0 saturated carbocycles. The van der Waals surface area contributed by atoms with Gasteiger partial charge in [0.25, 0.3) is 0 Å². The molecule has 4 aromatic rings. The van der Waals surface area contributed by atoms with Crippen LogP contribution in [0, 0.1) is 0 Å². The van der Waals surface area contributed by atoms with Crippen LogP contribution in [-0.2, 0) is 0 Å². The van der Waals surface area contributed by atoms with E-state index >= 15 is 0 Å². The van der Waals surface area contributed by atoms with E-state index in [2.05, 4.69) is 40.3 Å². The normalized spacial score (nSPS) is 10.9. The molecule has 0 aliphatic carbocycles. The third-order valence-electron chi connectivity index (χ3n) is 3.93. The van der Waals surface area contributed by atoms with Crippen LogP contribution in [0.5, 0.6) is 0 Å². The summed E-state index contributed by atoms with van der Waals surface area (Å²) in [6.07, 6.45) is 0. The highest BCUT2D eigenvalue weighted by atomic mass is 35.5. The second-order valence-electron chi connectivity index (χ2n) is 5.57. The van der Waals surface area contributed by atoms with Gasteiger partial charge >= 0.3 is 0 Å². The Morgan fingerprint density at radius 2 is 1.29 bits per heavy atom. The highest BCUT2D eigenvalue weighted by Crippen LogP contribution is 2.27. The van der Waals surface area contributed by atoms with Gasteiger partial charge in [0.15, 0.2) is 0 Å². The van der Waals surface area contributed by atoms with Gasteiger partial charge in [-0.15, -0.1) is 0 Å². The third kappa shape index (κ3) is 2.82. The molecule has 0 spiro atoms. The van der Waals surface area contributed by atoms with E-state index in [-0.39, 0.29) is 5.95 Å². The lowest BCUT2D eigenvalue weighted by atomic mass is 10.0. The first-order valence-electron chi connectivity index (χ1n) is 7.59. The predicted octanol–water partition coefficient (Wildman–Crippen LogP) is 5.20. The van der Waals surface area contributed by atoms with Gasteiger partial charge in [0.1, 0.15) is 0 Å². The summed E-state index contributed by atoms with van der Waals surface area (Å²) in [6.45, 7) is 0. The first kappa shape index (κ1) is 14.7. The molecule has 0 saturated heterocycles. The lowest BCUT2D eigenvalue weighted by molar-refractivity contribution is 1.19. The fourth-order valence-corrected chi connectivity index (χ4v) is 2.86. The van der Waals surface area contributed by atoms with Crippen LogP contribution in [0.4, 0.5) is 5.95 Å². The first-order chi connectivity index (χ1) is 11.7. The van der Waals surface area contributed by atoms with Crippen LogP contribution in [0.3, 0.4) is 0 Å². The topological polar surface area (TPSA) is 51.8 Å². The maximum absolute atomic E-state index is 5.96. The molecule has 3 aromatic carbocycles. The number of anilines is 1. The molecular weight excluding hydrogens is 318 g/mol. The Kier molecular flexibility index (Phi) is 3.63. The maximum Gasteiger partial charge on any atom is 0.221 e. The molecule has 4 heteroatoms. The number of hydrogen-bond acceptors (Lipinski definition) is 3. The van der Waals surface area contributed by atoms with Gasteiger partial charge in [-0.3, -0.25) is 0 Å². The lowest BCUT2D eigenvalue weighted by Crippen LogP contribution is -1.98. The molecule has 3 nitrogen and oxygen atoms in total. The van der Waals surface area contributed by atoms with E-state index < -0.39 is 0 Å². The number of nitrogens with two attached hydrogens (primary N) is 1. The van der Waals surface area contributed by atoms with Gasteiger partial charge < -0.3 is 5.73 Å². The van der Waals surface area contributed by atoms with Crippen LogP contribution in [0.2, 0.25) is 5.02 Å². The third-order valence-corrected chi connectivity index (χ3v) is 4.18. The fourth-order valence-electron chi connectivity index (χ4n) is 2.73. The molecule has 0 aliphatic heterocycles. The first-order valence-corrected chi connectivity index (χ1v) is 7.96. The van der Waals surface area contributed by atoms with Crippen LogP contribution in [0.1, 0.15) is 0 Å². The SMILES string of the molecule is Nc1nc(-c2ccc(Cl)cc2)cc(-c2ccc3ccccc3c2)n1. The average Bonchev–Trinajstić information content (AvgIpc) is 2.61. The van der Waals surface area contributed by atoms with Gasteiger partial charge in [0, 0.05) is 16.1 Å². The average molecular weight is 332 g/mol. The molecule has 0 radical (unpaired) electrons. The molecular formula is C20H14ClN3. The summed E-state index contributed by atoms with van der Waals surface area (Å²) in [5, 5.41) is 3.05. The Morgan fingerprint density at radius 3 is 2.04 bits per heavy atom. The molecule has 0 amide bonds. The smallest absolute Gasteiger partial charge is 0.221 e.